The largest absolute Gasteiger partial charge is 0.465 e. The van der Waals surface area contributed by atoms with Crippen LogP contribution >= 0.6 is 0 Å². The standard InChI is InChI=1S/C15H19N3O2/c1-20-15(19)12-4-6-18-10-13(17-14(18)8-12)7-11-3-2-5-16-9-11/h4,6,8,10-11,16H,2-3,5,7,9H2,1H3. The summed E-state index contributed by atoms with van der Waals surface area (Å²) in [7, 11) is 1.39. The second kappa shape index (κ2) is 5.63. The Morgan fingerprint density at radius 1 is 1.60 bits per heavy atom. The van der Waals surface area contributed by atoms with Crippen LogP contribution in [0.5, 0.6) is 0 Å². The van der Waals surface area contributed by atoms with Gasteiger partial charge in [-0.15, -0.1) is 0 Å². The van der Waals surface area contributed by atoms with Gasteiger partial charge in [0.25, 0.3) is 0 Å². The Morgan fingerprint density at radius 2 is 2.50 bits per heavy atom. The average Bonchev–Trinajstić information content (AvgIpc) is 2.88. The van der Waals surface area contributed by atoms with Crippen molar-refractivity contribution in [2.24, 2.45) is 5.92 Å². The third kappa shape index (κ3) is 2.67. The van der Waals surface area contributed by atoms with Crippen molar-refractivity contribution in [1.29, 1.82) is 0 Å². The van der Waals surface area contributed by atoms with Gasteiger partial charge in [0.15, 0.2) is 0 Å². The maximum absolute atomic E-state index is 11.5. The Labute approximate surface area is 118 Å². The number of carbonyl (C=O) groups excluding carboxylic acids is 1. The molecule has 3 rings (SSSR count). The van der Waals surface area contributed by atoms with Gasteiger partial charge in [0.2, 0.25) is 0 Å². The minimum absolute atomic E-state index is 0.325. The normalized spacial score (nSPS) is 19.1. The van der Waals surface area contributed by atoms with Gasteiger partial charge in [0.05, 0.1) is 18.4 Å². The highest BCUT2D eigenvalue weighted by atomic mass is 16.5. The van der Waals surface area contributed by atoms with Gasteiger partial charge >= 0.3 is 5.97 Å². The van der Waals surface area contributed by atoms with Gasteiger partial charge in [0.1, 0.15) is 5.65 Å². The molecular weight excluding hydrogens is 254 g/mol. The van der Waals surface area contributed by atoms with E-state index in [-0.39, 0.29) is 5.97 Å². The van der Waals surface area contributed by atoms with E-state index in [9.17, 15) is 4.79 Å². The average molecular weight is 273 g/mol. The Hall–Kier alpha value is -1.88. The molecule has 0 bridgehead atoms. The Balaban J connectivity index is 1.81. The smallest absolute Gasteiger partial charge is 0.338 e. The van der Waals surface area contributed by atoms with Crippen LogP contribution in [0.2, 0.25) is 0 Å². The predicted octanol–water partition coefficient (Wildman–Crippen LogP) is 1.66. The molecule has 106 valence electrons. The minimum atomic E-state index is -0.325. The number of rotatable bonds is 3. The van der Waals surface area contributed by atoms with Crippen LogP contribution in [-0.4, -0.2) is 35.6 Å². The number of fused-ring (bicyclic) bond motifs is 1. The Morgan fingerprint density at radius 3 is 3.25 bits per heavy atom. The van der Waals surface area contributed by atoms with Crippen LogP contribution in [0.15, 0.2) is 24.5 Å². The van der Waals surface area contributed by atoms with Crippen LogP contribution in [-0.2, 0) is 11.2 Å². The molecule has 2 aromatic rings. The molecular formula is C15H19N3O2. The number of carbonyl (C=O) groups is 1. The molecule has 1 atom stereocenters. The molecule has 5 heteroatoms. The first-order chi connectivity index (χ1) is 9.76. The Bertz CT molecular complexity index is 615. The first-order valence-electron chi connectivity index (χ1n) is 7.03. The molecule has 3 heterocycles. The molecule has 5 nitrogen and oxygen atoms in total. The highest BCUT2D eigenvalue weighted by molar-refractivity contribution is 5.90. The van der Waals surface area contributed by atoms with E-state index < -0.39 is 0 Å². The summed E-state index contributed by atoms with van der Waals surface area (Å²) < 4.78 is 6.69. The first-order valence-corrected chi connectivity index (χ1v) is 7.03. The number of pyridine rings is 1. The van der Waals surface area contributed by atoms with Gasteiger partial charge in [0, 0.05) is 12.4 Å². The molecule has 0 spiro atoms. The summed E-state index contributed by atoms with van der Waals surface area (Å²) in [5.74, 6) is 0.335. The Kier molecular flexibility index (Phi) is 3.69. The van der Waals surface area contributed by atoms with Gasteiger partial charge in [-0.25, -0.2) is 9.78 Å². The number of aromatic nitrogens is 2. The lowest BCUT2D eigenvalue weighted by atomic mass is 9.95. The number of ether oxygens (including phenoxy) is 1. The van der Waals surface area contributed by atoms with E-state index in [0.717, 1.165) is 30.9 Å². The number of hydrogen-bond donors (Lipinski definition) is 1. The number of hydrogen-bond acceptors (Lipinski definition) is 4. The van der Waals surface area contributed by atoms with Gasteiger partial charge < -0.3 is 14.5 Å². The number of nitrogens with one attached hydrogen (secondary N) is 1. The van der Waals surface area contributed by atoms with Crippen molar-refractivity contribution in [1.82, 2.24) is 14.7 Å². The molecule has 0 radical (unpaired) electrons. The highest BCUT2D eigenvalue weighted by Crippen LogP contribution is 2.17. The van der Waals surface area contributed by atoms with E-state index in [1.54, 1.807) is 12.1 Å². The molecule has 0 aromatic carbocycles. The van der Waals surface area contributed by atoms with E-state index in [0.29, 0.717) is 11.5 Å². The quantitative estimate of drug-likeness (QED) is 0.864. The van der Waals surface area contributed by atoms with E-state index in [2.05, 4.69) is 10.3 Å². The van der Waals surface area contributed by atoms with Crippen LogP contribution in [0.1, 0.15) is 28.9 Å². The topological polar surface area (TPSA) is 55.6 Å². The third-order valence-corrected chi connectivity index (χ3v) is 3.83. The fraction of sp³-hybridized carbons (Fsp3) is 0.467. The summed E-state index contributed by atoms with van der Waals surface area (Å²) in [6, 6.07) is 3.53. The van der Waals surface area contributed by atoms with Crippen LogP contribution in [0.4, 0.5) is 0 Å². The number of nitrogens with zero attached hydrogens (tertiary/aromatic N) is 2. The second-order valence-corrected chi connectivity index (χ2v) is 5.32. The molecule has 0 saturated carbocycles. The van der Waals surface area contributed by atoms with Crippen molar-refractivity contribution in [2.45, 2.75) is 19.3 Å². The van der Waals surface area contributed by atoms with E-state index in [1.807, 2.05) is 16.8 Å². The van der Waals surface area contributed by atoms with Gasteiger partial charge in [-0.3, -0.25) is 0 Å². The van der Waals surface area contributed by atoms with Crippen LogP contribution < -0.4 is 5.32 Å². The number of piperidine rings is 1. The fourth-order valence-corrected chi connectivity index (χ4v) is 2.77. The molecule has 20 heavy (non-hydrogen) atoms. The molecule has 2 aromatic heterocycles. The lowest BCUT2D eigenvalue weighted by Gasteiger charge is -2.21. The SMILES string of the molecule is COC(=O)c1ccn2cc(CC3CCCNC3)nc2c1. The second-order valence-electron chi connectivity index (χ2n) is 5.32. The monoisotopic (exact) mass is 273 g/mol. The van der Waals surface area contributed by atoms with Crippen molar-refractivity contribution in [3.63, 3.8) is 0 Å². The van der Waals surface area contributed by atoms with Crippen LogP contribution in [0.3, 0.4) is 0 Å². The summed E-state index contributed by atoms with van der Waals surface area (Å²) >= 11 is 0. The fourth-order valence-electron chi connectivity index (χ4n) is 2.77. The van der Waals surface area contributed by atoms with Gasteiger partial charge in [-0.05, 0) is 50.4 Å². The van der Waals surface area contributed by atoms with Crippen molar-refractivity contribution < 1.29 is 9.53 Å². The highest BCUT2D eigenvalue weighted by Gasteiger charge is 2.15. The molecule has 1 aliphatic rings. The third-order valence-electron chi connectivity index (χ3n) is 3.83. The van der Waals surface area contributed by atoms with Crippen LogP contribution in [0, 0.1) is 5.92 Å². The predicted molar refractivity (Wildman–Crippen MR) is 75.8 cm³/mol. The van der Waals surface area contributed by atoms with Crippen molar-refractivity contribution in [2.75, 3.05) is 20.2 Å². The zero-order chi connectivity index (χ0) is 13.9. The summed E-state index contributed by atoms with van der Waals surface area (Å²) in [5, 5.41) is 3.42. The zero-order valence-corrected chi connectivity index (χ0v) is 11.6. The number of methoxy groups -OCH3 is 1. The lowest BCUT2D eigenvalue weighted by Crippen LogP contribution is -2.30. The van der Waals surface area contributed by atoms with E-state index in [4.69, 9.17) is 4.74 Å². The first kappa shape index (κ1) is 13.1. The maximum atomic E-state index is 11.5. The molecule has 1 unspecified atom stereocenters. The molecule has 1 fully saturated rings. The van der Waals surface area contributed by atoms with Crippen molar-refractivity contribution in [3.05, 3.63) is 35.8 Å². The van der Waals surface area contributed by atoms with Crippen molar-refractivity contribution >= 4 is 11.6 Å². The van der Waals surface area contributed by atoms with E-state index >= 15 is 0 Å². The number of imidazole rings is 1. The molecule has 1 aliphatic heterocycles. The van der Waals surface area contributed by atoms with Gasteiger partial charge in [-0.2, -0.15) is 0 Å². The molecule has 1 saturated heterocycles. The summed E-state index contributed by atoms with van der Waals surface area (Å²) in [6.07, 6.45) is 7.39. The van der Waals surface area contributed by atoms with E-state index in [1.165, 1.54) is 20.0 Å². The molecule has 1 N–H and O–H groups in total. The summed E-state index contributed by atoms with van der Waals surface area (Å²) in [6.45, 7) is 2.20. The van der Waals surface area contributed by atoms with Crippen LogP contribution in [0.25, 0.3) is 5.65 Å². The maximum Gasteiger partial charge on any atom is 0.338 e. The molecule has 0 amide bonds. The zero-order valence-electron chi connectivity index (χ0n) is 11.6. The van der Waals surface area contributed by atoms with Crippen molar-refractivity contribution in [3.8, 4) is 0 Å². The minimum Gasteiger partial charge on any atom is -0.465 e. The summed E-state index contributed by atoms with van der Waals surface area (Å²) in [5.41, 5.74) is 2.42. The summed E-state index contributed by atoms with van der Waals surface area (Å²) in [4.78, 5) is 16.1. The molecule has 0 aliphatic carbocycles. The van der Waals surface area contributed by atoms with Gasteiger partial charge in [-0.1, -0.05) is 0 Å². The number of esters is 1. The lowest BCUT2D eigenvalue weighted by molar-refractivity contribution is 0.0600.